The molecule has 3 nitrogen and oxygen atoms in total. The van der Waals surface area contributed by atoms with Crippen molar-refractivity contribution in [1.29, 1.82) is 0 Å². The summed E-state index contributed by atoms with van der Waals surface area (Å²) in [6, 6.07) is 66.0. The number of ether oxygens (including phenoxy) is 1. The highest BCUT2D eigenvalue weighted by Crippen LogP contribution is 2.50. The molecule has 0 saturated heterocycles. The van der Waals surface area contributed by atoms with Crippen molar-refractivity contribution in [1.82, 2.24) is 9.13 Å². The van der Waals surface area contributed by atoms with E-state index in [1.165, 1.54) is 82.0 Å². The zero-order chi connectivity index (χ0) is 34.6. The van der Waals surface area contributed by atoms with Crippen molar-refractivity contribution in [2.24, 2.45) is 0 Å². The fraction of sp³-hybridized carbons (Fsp3) is 0. The lowest BCUT2D eigenvalue weighted by Crippen LogP contribution is -1.98. The van der Waals surface area contributed by atoms with Gasteiger partial charge in [-0.25, -0.2) is 0 Å². The van der Waals surface area contributed by atoms with Gasteiger partial charge in [0.05, 0.1) is 22.1 Å². The van der Waals surface area contributed by atoms with E-state index in [9.17, 15) is 0 Å². The summed E-state index contributed by atoms with van der Waals surface area (Å²) >= 11 is 0. The van der Waals surface area contributed by atoms with Crippen LogP contribution in [0.1, 0.15) is 0 Å². The van der Waals surface area contributed by atoms with E-state index in [4.69, 9.17) is 4.74 Å². The third-order valence-corrected chi connectivity index (χ3v) is 11.3. The maximum atomic E-state index is 6.65. The molecule has 0 unspecified atom stereocenters. The molecule has 9 aromatic carbocycles. The number of hydrogen-bond acceptors (Lipinski definition) is 1. The SMILES string of the molecule is c1ccc(-n2c3ccc(-c4ccc5c(c4)c4ccccc4n5-c4ccc5ccccc5c4)cc3c3c4cccc5c4c(cc32)Oc2ccccc2-5)cc1. The first-order chi connectivity index (χ1) is 26.3. The number of hydrogen-bond donors (Lipinski definition) is 0. The van der Waals surface area contributed by atoms with Crippen molar-refractivity contribution in [3.63, 3.8) is 0 Å². The molecule has 12 rings (SSSR count). The first-order valence-electron chi connectivity index (χ1n) is 18.2. The van der Waals surface area contributed by atoms with Crippen LogP contribution in [0, 0.1) is 0 Å². The van der Waals surface area contributed by atoms with Gasteiger partial charge in [-0.1, -0.05) is 115 Å². The second kappa shape index (κ2) is 10.7. The third kappa shape index (κ3) is 4.05. The van der Waals surface area contributed by atoms with Crippen molar-refractivity contribution < 1.29 is 4.74 Å². The Hall–Kier alpha value is -7.10. The van der Waals surface area contributed by atoms with E-state index in [-0.39, 0.29) is 0 Å². The van der Waals surface area contributed by atoms with E-state index in [1.54, 1.807) is 0 Å². The minimum atomic E-state index is 0.897. The van der Waals surface area contributed by atoms with E-state index in [0.717, 1.165) is 28.3 Å². The predicted octanol–water partition coefficient (Wildman–Crippen LogP) is 13.6. The van der Waals surface area contributed by atoms with Gasteiger partial charge in [-0.15, -0.1) is 0 Å². The smallest absolute Gasteiger partial charge is 0.138 e. The van der Waals surface area contributed by atoms with Gasteiger partial charge >= 0.3 is 0 Å². The van der Waals surface area contributed by atoms with Crippen LogP contribution in [0.5, 0.6) is 11.5 Å². The monoisotopic (exact) mass is 674 g/mol. The fourth-order valence-corrected chi connectivity index (χ4v) is 8.94. The number of benzene rings is 9. The molecule has 0 aliphatic carbocycles. The Bertz CT molecular complexity index is 3310. The Balaban J connectivity index is 1.11. The zero-order valence-corrected chi connectivity index (χ0v) is 28.6. The topological polar surface area (TPSA) is 19.1 Å². The molecule has 0 atom stereocenters. The Kier molecular flexibility index (Phi) is 5.77. The lowest BCUT2D eigenvalue weighted by atomic mass is 9.92. The molecule has 0 spiro atoms. The van der Waals surface area contributed by atoms with Crippen LogP contribution in [0.15, 0.2) is 182 Å². The van der Waals surface area contributed by atoms with Gasteiger partial charge in [0.25, 0.3) is 0 Å². The highest BCUT2D eigenvalue weighted by atomic mass is 16.5. The van der Waals surface area contributed by atoms with Crippen LogP contribution in [0.4, 0.5) is 0 Å². The van der Waals surface area contributed by atoms with Crippen LogP contribution < -0.4 is 4.74 Å². The molecular weight excluding hydrogens is 645 g/mol. The van der Waals surface area contributed by atoms with Gasteiger partial charge in [0.15, 0.2) is 0 Å². The third-order valence-electron chi connectivity index (χ3n) is 11.3. The van der Waals surface area contributed by atoms with E-state index >= 15 is 0 Å². The van der Waals surface area contributed by atoms with Gasteiger partial charge < -0.3 is 13.9 Å². The first-order valence-corrected chi connectivity index (χ1v) is 18.2. The minimum Gasteiger partial charge on any atom is -0.456 e. The highest BCUT2D eigenvalue weighted by Gasteiger charge is 2.25. The van der Waals surface area contributed by atoms with E-state index in [0.29, 0.717) is 0 Å². The van der Waals surface area contributed by atoms with E-state index in [2.05, 4.69) is 185 Å². The summed E-state index contributed by atoms with van der Waals surface area (Å²) in [4.78, 5) is 0. The van der Waals surface area contributed by atoms with Crippen LogP contribution in [0.2, 0.25) is 0 Å². The fourth-order valence-electron chi connectivity index (χ4n) is 8.94. The summed E-state index contributed by atoms with van der Waals surface area (Å²) in [5.41, 5.74) is 11.7. The average Bonchev–Trinajstić information content (AvgIpc) is 3.73. The molecule has 0 fully saturated rings. The summed E-state index contributed by atoms with van der Waals surface area (Å²) in [5, 5.41) is 9.82. The minimum absolute atomic E-state index is 0.897. The quantitative estimate of drug-likeness (QED) is 0.183. The molecule has 3 heterocycles. The number of para-hydroxylation sites is 3. The first kappa shape index (κ1) is 28.6. The zero-order valence-electron chi connectivity index (χ0n) is 28.6. The molecular formula is C50H30N2O. The van der Waals surface area contributed by atoms with Gasteiger partial charge in [-0.2, -0.15) is 0 Å². The van der Waals surface area contributed by atoms with Crippen LogP contribution in [0.25, 0.3) is 98.8 Å². The second-order valence-corrected chi connectivity index (χ2v) is 14.1. The Labute approximate surface area is 305 Å². The standard InChI is InChI=1S/C50H30N2O/c1-2-13-35(14-3-1)51-45-26-23-34(29-42(45)49-40-18-10-17-39-38-16-7-9-20-47(38)53-48(50(39)40)30-46(49)51)33-22-25-44-41(28-33)37-15-6-8-19-43(37)52(44)36-24-21-31-11-4-5-12-32(31)27-36/h1-30H. The molecule has 2 aromatic heterocycles. The largest absolute Gasteiger partial charge is 0.456 e. The molecule has 53 heavy (non-hydrogen) atoms. The summed E-state index contributed by atoms with van der Waals surface area (Å²) in [7, 11) is 0. The van der Waals surface area contributed by atoms with Gasteiger partial charge in [-0.05, 0) is 93.5 Å². The predicted molar refractivity (Wildman–Crippen MR) is 221 cm³/mol. The maximum Gasteiger partial charge on any atom is 0.138 e. The summed E-state index contributed by atoms with van der Waals surface area (Å²) in [5.74, 6) is 1.80. The molecule has 0 N–H and O–H groups in total. The molecule has 0 radical (unpaired) electrons. The van der Waals surface area contributed by atoms with Crippen molar-refractivity contribution >= 4 is 65.2 Å². The number of fused-ring (bicyclic) bond motifs is 10. The Morgan fingerprint density at radius 2 is 0.981 bits per heavy atom. The summed E-state index contributed by atoms with van der Waals surface area (Å²) in [6.07, 6.45) is 0. The molecule has 0 amide bonds. The van der Waals surface area contributed by atoms with Crippen molar-refractivity contribution in [3.05, 3.63) is 182 Å². The molecule has 0 saturated carbocycles. The van der Waals surface area contributed by atoms with E-state index in [1.807, 2.05) is 6.07 Å². The van der Waals surface area contributed by atoms with Gasteiger partial charge in [0.1, 0.15) is 11.5 Å². The van der Waals surface area contributed by atoms with Crippen molar-refractivity contribution in [2.45, 2.75) is 0 Å². The Morgan fingerprint density at radius 1 is 0.321 bits per heavy atom. The van der Waals surface area contributed by atoms with Gasteiger partial charge in [0.2, 0.25) is 0 Å². The summed E-state index contributed by atoms with van der Waals surface area (Å²) in [6.45, 7) is 0. The van der Waals surface area contributed by atoms with Crippen LogP contribution in [-0.2, 0) is 0 Å². The Morgan fingerprint density at radius 3 is 1.87 bits per heavy atom. The molecule has 0 bridgehead atoms. The van der Waals surface area contributed by atoms with Crippen molar-refractivity contribution in [3.8, 4) is 45.1 Å². The van der Waals surface area contributed by atoms with Crippen LogP contribution in [0.3, 0.4) is 0 Å². The maximum absolute atomic E-state index is 6.65. The number of rotatable bonds is 3. The summed E-state index contributed by atoms with van der Waals surface area (Å²) < 4.78 is 11.4. The normalized spacial score (nSPS) is 12.3. The van der Waals surface area contributed by atoms with Crippen LogP contribution >= 0.6 is 0 Å². The molecule has 246 valence electrons. The van der Waals surface area contributed by atoms with E-state index < -0.39 is 0 Å². The molecule has 11 aromatic rings. The lowest BCUT2D eigenvalue weighted by Gasteiger charge is -2.22. The number of nitrogens with zero attached hydrogens (tertiary/aromatic N) is 2. The lowest BCUT2D eigenvalue weighted by molar-refractivity contribution is 0.487. The molecule has 3 heteroatoms. The second-order valence-electron chi connectivity index (χ2n) is 14.1. The van der Waals surface area contributed by atoms with Gasteiger partial charge in [0, 0.05) is 49.9 Å². The van der Waals surface area contributed by atoms with Crippen molar-refractivity contribution in [2.75, 3.05) is 0 Å². The van der Waals surface area contributed by atoms with Crippen LogP contribution in [-0.4, -0.2) is 9.13 Å². The molecule has 1 aliphatic heterocycles. The highest BCUT2D eigenvalue weighted by molar-refractivity contribution is 6.26. The van der Waals surface area contributed by atoms with Gasteiger partial charge in [-0.3, -0.25) is 0 Å². The average molecular weight is 675 g/mol. The number of aromatic nitrogens is 2. The molecule has 1 aliphatic rings.